The number of aromatic amines is 1. The van der Waals surface area contributed by atoms with E-state index in [1.54, 1.807) is 13.0 Å². The van der Waals surface area contributed by atoms with Crippen molar-refractivity contribution >= 4 is 22.8 Å². The number of piperazine rings is 1. The van der Waals surface area contributed by atoms with Crippen molar-refractivity contribution in [2.45, 2.75) is 32.9 Å². The maximum absolute atomic E-state index is 11.9. The Morgan fingerprint density at radius 2 is 2.00 bits per heavy atom. The van der Waals surface area contributed by atoms with Crippen molar-refractivity contribution in [3.8, 4) is 17.0 Å². The standard InChI is InChI=1S/C20H23N5O2/c1-12-10-24(11-13(2)25(12)14(3)26)19-6-4-5-18(23-19)17-9-22-20-16(17)7-15(27)8-21-20/h4-9,12-13,27H,10-11H2,1-3H3,(H,21,22)/t12-,13+. The van der Waals surface area contributed by atoms with Crippen LogP contribution in [0.1, 0.15) is 20.8 Å². The normalized spacial score (nSPS) is 20.3. The summed E-state index contributed by atoms with van der Waals surface area (Å²) in [5, 5.41) is 10.6. The summed E-state index contributed by atoms with van der Waals surface area (Å²) in [4.78, 5) is 28.2. The number of aromatic nitrogens is 3. The molecule has 7 heteroatoms. The predicted molar refractivity (Wildman–Crippen MR) is 105 cm³/mol. The number of carbonyl (C=O) groups is 1. The van der Waals surface area contributed by atoms with E-state index in [0.717, 1.165) is 35.6 Å². The lowest BCUT2D eigenvalue weighted by molar-refractivity contribution is -0.133. The first kappa shape index (κ1) is 17.3. The number of aromatic hydroxyl groups is 1. The summed E-state index contributed by atoms with van der Waals surface area (Å²) in [7, 11) is 0. The van der Waals surface area contributed by atoms with Crippen molar-refractivity contribution in [3.05, 3.63) is 36.7 Å². The van der Waals surface area contributed by atoms with Gasteiger partial charge in [0.05, 0.1) is 11.9 Å². The summed E-state index contributed by atoms with van der Waals surface area (Å²) in [6.07, 6.45) is 3.28. The van der Waals surface area contributed by atoms with Gasteiger partial charge in [-0.25, -0.2) is 9.97 Å². The van der Waals surface area contributed by atoms with E-state index in [2.05, 4.69) is 28.7 Å². The van der Waals surface area contributed by atoms with Gasteiger partial charge in [-0.15, -0.1) is 0 Å². The van der Waals surface area contributed by atoms with E-state index in [1.807, 2.05) is 29.3 Å². The van der Waals surface area contributed by atoms with Crippen LogP contribution in [0.15, 0.2) is 36.7 Å². The molecule has 140 valence electrons. The van der Waals surface area contributed by atoms with E-state index in [1.165, 1.54) is 6.20 Å². The number of hydrogen-bond donors (Lipinski definition) is 2. The van der Waals surface area contributed by atoms with Crippen LogP contribution >= 0.6 is 0 Å². The summed E-state index contributed by atoms with van der Waals surface area (Å²) < 4.78 is 0. The molecule has 0 saturated carbocycles. The second-order valence-corrected chi connectivity index (χ2v) is 7.20. The second kappa shape index (κ2) is 6.57. The molecule has 1 saturated heterocycles. The molecule has 7 nitrogen and oxygen atoms in total. The lowest BCUT2D eigenvalue weighted by Gasteiger charge is -2.44. The Kier molecular flexibility index (Phi) is 4.22. The zero-order valence-electron chi connectivity index (χ0n) is 15.7. The fourth-order valence-corrected chi connectivity index (χ4v) is 4.08. The van der Waals surface area contributed by atoms with Crippen LogP contribution in [0, 0.1) is 0 Å². The van der Waals surface area contributed by atoms with Crippen molar-refractivity contribution in [3.63, 3.8) is 0 Å². The van der Waals surface area contributed by atoms with E-state index >= 15 is 0 Å². The highest BCUT2D eigenvalue weighted by Gasteiger charge is 2.31. The average Bonchev–Trinajstić information content (AvgIpc) is 3.04. The van der Waals surface area contributed by atoms with Crippen molar-refractivity contribution < 1.29 is 9.90 Å². The second-order valence-electron chi connectivity index (χ2n) is 7.20. The predicted octanol–water partition coefficient (Wildman–Crippen LogP) is 2.78. The van der Waals surface area contributed by atoms with Gasteiger partial charge in [0.2, 0.25) is 5.91 Å². The lowest BCUT2D eigenvalue weighted by Crippen LogP contribution is -2.58. The maximum atomic E-state index is 11.9. The van der Waals surface area contributed by atoms with Gasteiger partial charge < -0.3 is 19.9 Å². The van der Waals surface area contributed by atoms with Crippen molar-refractivity contribution in [1.29, 1.82) is 0 Å². The number of amides is 1. The highest BCUT2D eigenvalue weighted by molar-refractivity contribution is 5.93. The zero-order valence-corrected chi connectivity index (χ0v) is 15.7. The molecule has 1 aliphatic rings. The minimum Gasteiger partial charge on any atom is -0.506 e. The quantitative estimate of drug-likeness (QED) is 0.729. The van der Waals surface area contributed by atoms with Gasteiger partial charge in [-0.3, -0.25) is 4.79 Å². The Balaban J connectivity index is 1.67. The lowest BCUT2D eigenvalue weighted by atomic mass is 10.1. The van der Waals surface area contributed by atoms with Crippen LogP contribution in [-0.2, 0) is 4.79 Å². The number of hydrogen-bond acceptors (Lipinski definition) is 5. The van der Waals surface area contributed by atoms with Crippen LogP contribution in [0.2, 0.25) is 0 Å². The van der Waals surface area contributed by atoms with Crippen molar-refractivity contribution in [2.75, 3.05) is 18.0 Å². The van der Waals surface area contributed by atoms with E-state index in [9.17, 15) is 9.90 Å². The van der Waals surface area contributed by atoms with E-state index in [-0.39, 0.29) is 23.7 Å². The fraction of sp³-hybridized carbons (Fsp3) is 0.350. The minimum absolute atomic E-state index is 0.113. The maximum Gasteiger partial charge on any atom is 0.220 e. The van der Waals surface area contributed by atoms with Gasteiger partial charge >= 0.3 is 0 Å². The van der Waals surface area contributed by atoms with Crippen LogP contribution in [0.5, 0.6) is 5.75 Å². The minimum atomic E-state index is 0.113. The molecule has 0 aliphatic carbocycles. The smallest absolute Gasteiger partial charge is 0.220 e. The molecule has 4 rings (SSSR count). The highest BCUT2D eigenvalue weighted by atomic mass is 16.3. The number of nitrogens with zero attached hydrogens (tertiary/aromatic N) is 4. The summed E-state index contributed by atoms with van der Waals surface area (Å²) in [6.45, 7) is 7.26. The molecule has 3 aromatic rings. The fourth-order valence-electron chi connectivity index (χ4n) is 4.08. The van der Waals surface area contributed by atoms with Gasteiger partial charge in [-0.2, -0.15) is 0 Å². The molecule has 0 unspecified atom stereocenters. The summed E-state index contributed by atoms with van der Waals surface area (Å²) >= 11 is 0. The highest BCUT2D eigenvalue weighted by Crippen LogP contribution is 2.30. The SMILES string of the molecule is CC(=O)N1[C@H](C)CN(c2cccc(-c3c[nH]c4ncc(O)cc34)n2)C[C@@H]1C. The summed E-state index contributed by atoms with van der Waals surface area (Å²) in [5.74, 6) is 1.13. The van der Waals surface area contributed by atoms with Crippen molar-refractivity contribution in [1.82, 2.24) is 19.9 Å². The first-order valence-electron chi connectivity index (χ1n) is 9.11. The van der Waals surface area contributed by atoms with Gasteiger partial charge in [-0.05, 0) is 32.0 Å². The number of fused-ring (bicyclic) bond motifs is 1. The number of H-pyrrole nitrogens is 1. The van der Waals surface area contributed by atoms with E-state index in [4.69, 9.17) is 4.98 Å². The Morgan fingerprint density at radius 3 is 2.70 bits per heavy atom. The Hall–Kier alpha value is -3.09. The third kappa shape index (κ3) is 3.09. The van der Waals surface area contributed by atoms with E-state index < -0.39 is 0 Å². The van der Waals surface area contributed by atoms with Crippen LogP contribution in [0.4, 0.5) is 5.82 Å². The molecular weight excluding hydrogens is 342 g/mol. The van der Waals surface area contributed by atoms with Gasteiger partial charge in [-0.1, -0.05) is 6.07 Å². The zero-order chi connectivity index (χ0) is 19.1. The Morgan fingerprint density at radius 1 is 1.26 bits per heavy atom. The average molecular weight is 365 g/mol. The monoisotopic (exact) mass is 365 g/mol. The molecule has 4 heterocycles. The molecule has 0 radical (unpaired) electrons. The van der Waals surface area contributed by atoms with Crippen molar-refractivity contribution in [2.24, 2.45) is 0 Å². The number of pyridine rings is 2. The first-order valence-corrected chi connectivity index (χ1v) is 9.11. The molecular formula is C20H23N5O2. The summed E-state index contributed by atoms with van der Waals surface area (Å²) in [5.41, 5.74) is 2.44. The van der Waals surface area contributed by atoms with Gasteiger partial charge in [0.1, 0.15) is 17.2 Å². The van der Waals surface area contributed by atoms with Gasteiger partial charge in [0.15, 0.2) is 0 Å². The van der Waals surface area contributed by atoms with Crippen LogP contribution in [0.25, 0.3) is 22.3 Å². The van der Waals surface area contributed by atoms with Crippen LogP contribution < -0.4 is 4.90 Å². The summed E-state index contributed by atoms with van der Waals surface area (Å²) in [6, 6.07) is 7.89. The third-order valence-electron chi connectivity index (χ3n) is 5.13. The molecule has 0 spiro atoms. The van der Waals surface area contributed by atoms with E-state index in [0.29, 0.717) is 5.65 Å². The molecule has 3 aromatic heterocycles. The molecule has 0 bridgehead atoms. The number of anilines is 1. The van der Waals surface area contributed by atoms with Crippen LogP contribution in [0.3, 0.4) is 0 Å². The third-order valence-corrected chi connectivity index (χ3v) is 5.13. The number of carbonyl (C=O) groups excluding carboxylic acids is 1. The van der Waals surface area contributed by atoms with Gasteiger partial charge in [0, 0.05) is 49.2 Å². The Labute approximate surface area is 157 Å². The van der Waals surface area contributed by atoms with Crippen LogP contribution in [-0.4, -0.2) is 56.0 Å². The first-order chi connectivity index (χ1) is 12.9. The number of rotatable bonds is 2. The molecule has 2 N–H and O–H groups in total. The largest absolute Gasteiger partial charge is 0.506 e. The molecule has 0 aromatic carbocycles. The molecule has 2 atom stereocenters. The molecule has 1 fully saturated rings. The molecule has 1 amide bonds. The Bertz CT molecular complexity index is 987. The molecule has 1 aliphatic heterocycles. The molecule has 27 heavy (non-hydrogen) atoms. The topological polar surface area (TPSA) is 85.4 Å². The number of nitrogens with one attached hydrogen (secondary N) is 1. The van der Waals surface area contributed by atoms with Gasteiger partial charge in [0.25, 0.3) is 0 Å².